The van der Waals surface area contributed by atoms with Gasteiger partial charge in [-0.05, 0) is 30.5 Å². The summed E-state index contributed by atoms with van der Waals surface area (Å²) in [5, 5.41) is 7.70. The Morgan fingerprint density at radius 3 is 2.89 bits per heavy atom. The van der Waals surface area contributed by atoms with Gasteiger partial charge in [-0.3, -0.25) is 10.1 Å². The topological polar surface area (TPSA) is 41.0 Å². The SMILES string of the molecule is CCC(CC)N=CCc1cc(F)cc2[nH]ncc12. The van der Waals surface area contributed by atoms with E-state index in [2.05, 4.69) is 29.0 Å². The van der Waals surface area contributed by atoms with Crippen LogP contribution in [0.4, 0.5) is 4.39 Å². The van der Waals surface area contributed by atoms with Crippen molar-refractivity contribution in [1.29, 1.82) is 0 Å². The normalized spacial score (nSPS) is 12.0. The Labute approximate surface area is 106 Å². The molecular formula is C14H18FN3. The molecule has 0 saturated heterocycles. The van der Waals surface area contributed by atoms with Crippen molar-refractivity contribution in [3.05, 3.63) is 29.7 Å². The zero-order valence-corrected chi connectivity index (χ0v) is 10.8. The minimum atomic E-state index is -0.238. The first-order valence-corrected chi connectivity index (χ1v) is 6.37. The lowest BCUT2D eigenvalue weighted by molar-refractivity contribution is 0.627. The molecule has 0 radical (unpaired) electrons. The lowest BCUT2D eigenvalue weighted by Crippen LogP contribution is -2.01. The predicted molar refractivity (Wildman–Crippen MR) is 72.6 cm³/mol. The third-order valence-corrected chi connectivity index (χ3v) is 3.18. The average molecular weight is 247 g/mol. The van der Waals surface area contributed by atoms with E-state index in [1.54, 1.807) is 12.3 Å². The zero-order chi connectivity index (χ0) is 13.0. The number of hydrogen-bond donors (Lipinski definition) is 1. The number of aliphatic imine (C=N–C) groups is 1. The number of rotatable bonds is 5. The number of fused-ring (bicyclic) bond motifs is 1. The Morgan fingerprint density at radius 2 is 2.17 bits per heavy atom. The van der Waals surface area contributed by atoms with Crippen LogP contribution in [0.5, 0.6) is 0 Å². The second-order valence-corrected chi connectivity index (χ2v) is 4.40. The molecule has 0 aliphatic rings. The second-order valence-electron chi connectivity index (χ2n) is 4.40. The summed E-state index contributed by atoms with van der Waals surface area (Å²) >= 11 is 0. The van der Waals surface area contributed by atoms with Gasteiger partial charge in [0.05, 0.1) is 11.7 Å². The Bertz CT molecular complexity index is 541. The molecule has 96 valence electrons. The molecule has 1 aromatic carbocycles. The van der Waals surface area contributed by atoms with Gasteiger partial charge in [-0.2, -0.15) is 5.10 Å². The van der Waals surface area contributed by atoms with Gasteiger partial charge in [0.15, 0.2) is 0 Å². The smallest absolute Gasteiger partial charge is 0.125 e. The van der Waals surface area contributed by atoms with E-state index in [1.807, 2.05) is 6.21 Å². The molecule has 1 heterocycles. The van der Waals surface area contributed by atoms with Crippen LogP contribution in [0.1, 0.15) is 32.3 Å². The molecular weight excluding hydrogens is 229 g/mol. The van der Waals surface area contributed by atoms with Crippen LogP contribution in [0.2, 0.25) is 0 Å². The Hall–Kier alpha value is -1.71. The summed E-state index contributed by atoms with van der Waals surface area (Å²) in [4.78, 5) is 4.50. The van der Waals surface area contributed by atoms with Gasteiger partial charge in [0.1, 0.15) is 5.82 Å². The van der Waals surface area contributed by atoms with Crippen LogP contribution in [-0.4, -0.2) is 22.5 Å². The van der Waals surface area contributed by atoms with Crippen LogP contribution in [0.25, 0.3) is 10.9 Å². The maximum atomic E-state index is 13.4. The maximum absolute atomic E-state index is 13.4. The molecule has 0 bridgehead atoms. The fourth-order valence-electron chi connectivity index (χ4n) is 2.05. The van der Waals surface area contributed by atoms with Gasteiger partial charge in [-0.15, -0.1) is 0 Å². The van der Waals surface area contributed by atoms with Crippen molar-refractivity contribution >= 4 is 17.1 Å². The van der Waals surface area contributed by atoms with Gasteiger partial charge in [0.2, 0.25) is 0 Å². The third-order valence-electron chi connectivity index (χ3n) is 3.18. The van der Waals surface area contributed by atoms with Crippen molar-refractivity contribution < 1.29 is 4.39 Å². The summed E-state index contributed by atoms with van der Waals surface area (Å²) in [5.41, 5.74) is 1.66. The molecule has 0 atom stereocenters. The monoisotopic (exact) mass is 247 g/mol. The van der Waals surface area contributed by atoms with E-state index in [0.717, 1.165) is 29.3 Å². The number of nitrogens with zero attached hydrogens (tertiary/aromatic N) is 2. The van der Waals surface area contributed by atoms with E-state index in [1.165, 1.54) is 6.07 Å². The molecule has 0 aliphatic heterocycles. The molecule has 4 heteroatoms. The maximum Gasteiger partial charge on any atom is 0.125 e. The molecule has 0 unspecified atom stereocenters. The molecule has 3 nitrogen and oxygen atoms in total. The summed E-state index contributed by atoms with van der Waals surface area (Å²) in [6.07, 6.45) is 6.34. The van der Waals surface area contributed by atoms with Crippen molar-refractivity contribution in [2.24, 2.45) is 4.99 Å². The van der Waals surface area contributed by atoms with Crippen LogP contribution >= 0.6 is 0 Å². The zero-order valence-electron chi connectivity index (χ0n) is 10.8. The molecule has 1 N–H and O–H groups in total. The number of nitrogens with one attached hydrogen (secondary N) is 1. The second kappa shape index (κ2) is 5.76. The minimum Gasteiger partial charge on any atom is -0.294 e. The summed E-state index contributed by atoms with van der Waals surface area (Å²) in [7, 11) is 0. The first kappa shape index (κ1) is 12.7. The van der Waals surface area contributed by atoms with Crippen LogP contribution in [0.3, 0.4) is 0 Å². The molecule has 18 heavy (non-hydrogen) atoms. The van der Waals surface area contributed by atoms with Gasteiger partial charge >= 0.3 is 0 Å². The van der Waals surface area contributed by atoms with E-state index < -0.39 is 0 Å². The van der Waals surface area contributed by atoms with E-state index >= 15 is 0 Å². The quantitative estimate of drug-likeness (QED) is 0.807. The summed E-state index contributed by atoms with van der Waals surface area (Å²) in [6, 6.07) is 3.39. The van der Waals surface area contributed by atoms with Gasteiger partial charge < -0.3 is 0 Å². The van der Waals surface area contributed by atoms with Crippen LogP contribution in [0, 0.1) is 5.82 Å². The molecule has 0 amide bonds. The number of aromatic nitrogens is 2. The fraction of sp³-hybridized carbons (Fsp3) is 0.429. The van der Waals surface area contributed by atoms with Crippen LogP contribution in [0.15, 0.2) is 23.3 Å². The van der Waals surface area contributed by atoms with E-state index in [4.69, 9.17) is 0 Å². The van der Waals surface area contributed by atoms with Gasteiger partial charge in [0, 0.05) is 24.1 Å². The van der Waals surface area contributed by atoms with Crippen molar-refractivity contribution in [3.63, 3.8) is 0 Å². The number of aromatic amines is 1. The van der Waals surface area contributed by atoms with Gasteiger partial charge in [0.25, 0.3) is 0 Å². The molecule has 1 aromatic heterocycles. The summed E-state index contributed by atoms with van der Waals surface area (Å²) in [5.74, 6) is -0.238. The summed E-state index contributed by atoms with van der Waals surface area (Å²) < 4.78 is 13.4. The third kappa shape index (κ3) is 2.75. The molecule has 0 aliphatic carbocycles. The molecule has 2 rings (SSSR count). The highest BCUT2D eigenvalue weighted by atomic mass is 19.1. The van der Waals surface area contributed by atoms with E-state index in [0.29, 0.717) is 12.5 Å². The van der Waals surface area contributed by atoms with E-state index in [-0.39, 0.29) is 5.82 Å². The predicted octanol–water partition coefficient (Wildman–Crippen LogP) is 3.50. The van der Waals surface area contributed by atoms with Crippen molar-refractivity contribution in [2.45, 2.75) is 39.2 Å². The number of benzene rings is 1. The standard InChI is InChI=1S/C14H18FN3/c1-3-12(4-2)16-6-5-10-7-11(15)8-14-13(10)9-17-18-14/h6-9,12H,3-5H2,1-2H3,(H,17,18). The van der Waals surface area contributed by atoms with Crippen molar-refractivity contribution in [3.8, 4) is 0 Å². The number of halogens is 1. The molecule has 0 spiro atoms. The van der Waals surface area contributed by atoms with Crippen molar-refractivity contribution in [1.82, 2.24) is 10.2 Å². The molecule has 0 fully saturated rings. The van der Waals surface area contributed by atoms with Crippen LogP contribution in [-0.2, 0) is 6.42 Å². The van der Waals surface area contributed by atoms with E-state index in [9.17, 15) is 4.39 Å². The lowest BCUT2D eigenvalue weighted by atomic mass is 10.1. The lowest BCUT2D eigenvalue weighted by Gasteiger charge is -2.05. The Kier molecular flexibility index (Phi) is 4.07. The van der Waals surface area contributed by atoms with Crippen LogP contribution < -0.4 is 0 Å². The van der Waals surface area contributed by atoms with Gasteiger partial charge in [-0.25, -0.2) is 4.39 Å². The number of H-pyrrole nitrogens is 1. The van der Waals surface area contributed by atoms with Gasteiger partial charge in [-0.1, -0.05) is 13.8 Å². The molecule has 2 aromatic rings. The molecule has 0 saturated carbocycles. The Balaban J connectivity index is 2.18. The highest BCUT2D eigenvalue weighted by Gasteiger charge is 2.05. The largest absolute Gasteiger partial charge is 0.294 e. The number of hydrogen-bond acceptors (Lipinski definition) is 2. The first-order chi connectivity index (χ1) is 8.74. The highest BCUT2D eigenvalue weighted by Crippen LogP contribution is 2.18. The summed E-state index contributed by atoms with van der Waals surface area (Å²) in [6.45, 7) is 4.25. The fourth-order valence-corrected chi connectivity index (χ4v) is 2.05. The Morgan fingerprint density at radius 1 is 1.39 bits per heavy atom. The average Bonchev–Trinajstić information content (AvgIpc) is 2.82. The highest BCUT2D eigenvalue weighted by molar-refractivity contribution is 5.84. The minimum absolute atomic E-state index is 0.238. The van der Waals surface area contributed by atoms with Crippen molar-refractivity contribution in [2.75, 3.05) is 0 Å². The first-order valence-electron chi connectivity index (χ1n) is 6.37.